The van der Waals surface area contributed by atoms with E-state index in [-0.39, 0.29) is 12.0 Å². The lowest BCUT2D eigenvalue weighted by molar-refractivity contribution is -0.139. The van der Waals surface area contributed by atoms with Crippen LogP contribution in [0.4, 0.5) is 5.13 Å². The number of aromatic nitrogens is 1. The topological polar surface area (TPSA) is 42.2 Å². The Balaban J connectivity index is 2.01. The lowest BCUT2D eigenvalue weighted by atomic mass is 10.5. The molecule has 1 fully saturated rings. The molecule has 1 saturated heterocycles. The standard InChI is InChI=1S/C7H8N2O2S/c1-11-6(10)5-4-9(5)7-8-2-3-12-7/h2-3,5H,4H2,1H3. The molecule has 0 aliphatic carbocycles. The molecule has 0 spiro atoms. The van der Waals surface area contributed by atoms with Crippen molar-refractivity contribution in [3.63, 3.8) is 0 Å². The summed E-state index contributed by atoms with van der Waals surface area (Å²) in [7, 11) is 1.40. The number of hydrogen-bond acceptors (Lipinski definition) is 5. The number of ether oxygens (including phenoxy) is 1. The van der Waals surface area contributed by atoms with Gasteiger partial charge in [0.25, 0.3) is 0 Å². The second kappa shape index (κ2) is 2.75. The summed E-state index contributed by atoms with van der Waals surface area (Å²) in [5.74, 6) is -0.176. The molecule has 1 aliphatic rings. The predicted molar refractivity (Wildman–Crippen MR) is 45.3 cm³/mol. The summed E-state index contributed by atoms with van der Waals surface area (Å²) >= 11 is 1.53. The summed E-state index contributed by atoms with van der Waals surface area (Å²) in [6.07, 6.45) is 1.73. The van der Waals surface area contributed by atoms with Crippen LogP contribution in [-0.2, 0) is 9.53 Å². The van der Waals surface area contributed by atoms with Gasteiger partial charge in [-0.05, 0) is 0 Å². The Morgan fingerprint density at radius 2 is 2.75 bits per heavy atom. The molecule has 1 unspecified atom stereocenters. The van der Waals surface area contributed by atoms with Crippen molar-refractivity contribution in [1.82, 2.24) is 4.98 Å². The number of nitrogens with zero attached hydrogens (tertiary/aromatic N) is 2. The Bertz CT molecular complexity index is 286. The van der Waals surface area contributed by atoms with E-state index in [1.165, 1.54) is 18.4 Å². The average molecular weight is 184 g/mol. The molecule has 1 aromatic heterocycles. The molecule has 2 heterocycles. The molecular weight excluding hydrogens is 176 g/mol. The number of methoxy groups -OCH3 is 1. The third-order valence-electron chi connectivity index (χ3n) is 1.75. The Hall–Kier alpha value is -1.10. The van der Waals surface area contributed by atoms with Crippen molar-refractivity contribution in [1.29, 1.82) is 0 Å². The van der Waals surface area contributed by atoms with E-state index in [0.717, 1.165) is 11.7 Å². The van der Waals surface area contributed by atoms with Crippen molar-refractivity contribution < 1.29 is 9.53 Å². The molecule has 5 heteroatoms. The largest absolute Gasteiger partial charge is 0.467 e. The molecule has 0 aromatic carbocycles. The van der Waals surface area contributed by atoms with Crippen LogP contribution in [0.1, 0.15) is 0 Å². The highest BCUT2D eigenvalue weighted by molar-refractivity contribution is 7.13. The highest BCUT2D eigenvalue weighted by Crippen LogP contribution is 2.29. The van der Waals surface area contributed by atoms with E-state index in [1.807, 2.05) is 10.3 Å². The Morgan fingerprint density at radius 1 is 1.92 bits per heavy atom. The SMILES string of the molecule is COC(=O)C1CN1c1nccs1. The van der Waals surface area contributed by atoms with Crippen molar-refractivity contribution >= 4 is 22.4 Å². The summed E-state index contributed by atoms with van der Waals surface area (Å²) in [4.78, 5) is 17.0. The Labute approximate surface area is 73.8 Å². The fourth-order valence-corrected chi connectivity index (χ4v) is 1.75. The van der Waals surface area contributed by atoms with Crippen LogP contribution in [0.3, 0.4) is 0 Å². The third-order valence-corrected chi connectivity index (χ3v) is 2.56. The number of carbonyl (C=O) groups is 1. The number of thiazole rings is 1. The number of anilines is 1. The van der Waals surface area contributed by atoms with Crippen LogP contribution in [0, 0.1) is 0 Å². The van der Waals surface area contributed by atoms with Crippen LogP contribution in [-0.4, -0.2) is 30.6 Å². The molecule has 1 atom stereocenters. The zero-order chi connectivity index (χ0) is 8.55. The maximum absolute atomic E-state index is 11.0. The fourth-order valence-electron chi connectivity index (χ4n) is 1.05. The average Bonchev–Trinajstić information content (AvgIpc) is 2.71. The first kappa shape index (κ1) is 7.54. The lowest BCUT2D eigenvalue weighted by Gasteiger charge is -1.97. The summed E-state index contributed by atoms with van der Waals surface area (Å²) in [5.41, 5.74) is 0. The van der Waals surface area contributed by atoms with E-state index in [4.69, 9.17) is 0 Å². The fraction of sp³-hybridized carbons (Fsp3) is 0.429. The second-order valence-electron chi connectivity index (χ2n) is 2.51. The maximum atomic E-state index is 11.0. The molecular formula is C7H8N2O2S. The van der Waals surface area contributed by atoms with E-state index in [9.17, 15) is 4.79 Å². The molecule has 0 amide bonds. The molecule has 1 aromatic rings. The van der Waals surface area contributed by atoms with E-state index in [2.05, 4.69) is 9.72 Å². The summed E-state index contributed by atoms with van der Waals surface area (Å²) < 4.78 is 4.60. The zero-order valence-corrected chi connectivity index (χ0v) is 7.37. The molecule has 1 aliphatic heterocycles. The number of hydrogen-bond donors (Lipinski definition) is 0. The molecule has 0 N–H and O–H groups in total. The minimum Gasteiger partial charge on any atom is -0.467 e. The van der Waals surface area contributed by atoms with Gasteiger partial charge in [0.2, 0.25) is 0 Å². The molecule has 64 valence electrons. The van der Waals surface area contributed by atoms with Crippen LogP contribution in [0.15, 0.2) is 11.6 Å². The molecule has 0 bridgehead atoms. The lowest BCUT2D eigenvalue weighted by Crippen LogP contribution is -2.13. The van der Waals surface area contributed by atoms with Gasteiger partial charge in [-0.25, -0.2) is 9.78 Å². The molecule has 0 radical (unpaired) electrons. The van der Waals surface area contributed by atoms with Gasteiger partial charge in [0.05, 0.1) is 13.7 Å². The van der Waals surface area contributed by atoms with Gasteiger partial charge in [-0.15, -0.1) is 11.3 Å². The van der Waals surface area contributed by atoms with Crippen molar-refractivity contribution in [2.45, 2.75) is 6.04 Å². The Morgan fingerprint density at radius 3 is 3.33 bits per heavy atom. The van der Waals surface area contributed by atoms with Crippen LogP contribution in [0.5, 0.6) is 0 Å². The van der Waals surface area contributed by atoms with Crippen molar-refractivity contribution in [3.05, 3.63) is 11.6 Å². The van der Waals surface area contributed by atoms with E-state index in [0.29, 0.717) is 0 Å². The van der Waals surface area contributed by atoms with Gasteiger partial charge in [0, 0.05) is 11.6 Å². The predicted octanol–water partition coefficient (Wildman–Crippen LogP) is 0.505. The molecule has 2 rings (SSSR count). The first-order valence-electron chi connectivity index (χ1n) is 3.57. The van der Waals surface area contributed by atoms with Gasteiger partial charge < -0.3 is 9.64 Å². The van der Waals surface area contributed by atoms with Gasteiger partial charge in [-0.2, -0.15) is 0 Å². The van der Waals surface area contributed by atoms with Gasteiger partial charge in [-0.1, -0.05) is 0 Å². The first-order chi connectivity index (χ1) is 5.83. The normalized spacial score (nSPS) is 20.8. The quantitative estimate of drug-likeness (QED) is 0.496. The second-order valence-corrected chi connectivity index (χ2v) is 3.38. The number of carbonyl (C=O) groups excluding carboxylic acids is 1. The van der Waals surface area contributed by atoms with Crippen LogP contribution >= 0.6 is 11.3 Å². The van der Waals surface area contributed by atoms with Crippen LogP contribution in [0.2, 0.25) is 0 Å². The van der Waals surface area contributed by atoms with Crippen molar-refractivity contribution in [2.75, 3.05) is 18.6 Å². The highest BCUT2D eigenvalue weighted by Gasteiger charge is 2.42. The summed E-state index contributed by atoms with van der Waals surface area (Å²) in [6.45, 7) is 0.736. The van der Waals surface area contributed by atoms with Crippen molar-refractivity contribution in [3.8, 4) is 0 Å². The maximum Gasteiger partial charge on any atom is 0.330 e. The van der Waals surface area contributed by atoms with Crippen LogP contribution < -0.4 is 4.90 Å². The van der Waals surface area contributed by atoms with E-state index < -0.39 is 0 Å². The Kier molecular flexibility index (Phi) is 1.73. The van der Waals surface area contributed by atoms with Gasteiger partial charge >= 0.3 is 5.97 Å². The third kappa shape index (κ3) is 1.16. The minimum absolute atomic E-state index is 0.0962. The molecule has 0 saturated carbocycles. The number of rotatable bonds is 2. The first-order valence-corrected chi connectivity index (χ1v) is 4.45. The molecule has 4 nitrogen and oxygen atoms in total. The summed E-state index contributed by atoms with van der Waals surface area (Å²) in [6, 6.07) is -0.0962. The minimum atomic E-state index is -0.176. The van der Waals surface area contributed by atoms with Crippen LogP contribution in [0.25, 0.3) is 0 Å². The zero-order valence-electron chi connectivity index (χ0n) is 6.56. The van der Waals surface area contributed by atoms with Gasteiger partial charge in [0.1, 0.15) is 6.04 Å². The van der Waals surface area contributed by atoms with Gasteiger partial charge in [-0.3, -0.25) is 0 Å². The van der Waals surface area contributed by atoms with Crippen molar-refractivity contribution in [2.24, 2.45) is 0 Å². The van der Waals surface area contributed by atoms with Gasteiger partial charge in [0.15, 0.2) is 5.13 Å². The van der Waals surface area contributed by atoms with E-state index in [1.54, 1.807) is 6.20 Å². The summed E-state index contributed by atoms with van der Waals surface area (Å²) in [5, 5.41) is 2.78. The smallest absolute Gasteiger partial charge is 0.330 e. The number of esters is 1. The highest BCUT2D eigenvalue weighted by atomic mass is 32.1. The van der Waals surface area contributed by atoms with E-state index >= 15 is 0 Å². The monoisotopic (exact) mass is 184 g/mol. The molecule has 12 heavy (non-hydrogen) atoms.